The average Bonchev–Trinajstić information content (AvgIpc) is 3.55. The molecule has 0 spiro atoms. The predicted octanol–water partition coefficient (Wildman–Crippen LogP) is 3.65. The van der Waals surface area contributed by atoms with Crippen LogP contribution >= 0.6 is 0 Å². The molecule has 0 bridgehead atoms. The molecule has 0 aromatic heterocycles. The van der Waals surface area contributed by atoms with E-state index in [1.807, 2.05) is 48.5 Å². The van der Waals surface area contributed by atoms with Gasteiger partial charge in [0, 0.05) is 38.3 Å². The molecule has 0 heterocycles. The van der Waals surface area contributed by atoms with Gasteiger partial charge in [0.05, 0.1) is 6.61 Å². The minimum Gasteiger partial charge on any atom is -0.465 e. The monoisotopic (exact) mass is 860 g/mol. The number of unbranched alkanes of at least 4 members (excludes halogenated alkanes) is 1. The van der Waals surface area contributed by atoms with E-state index < -0.39 is 66.1 Å². The van der Waals surface area contributed by atoms with Crippen LogP contribution in [-0.2, 0) is 32.3 Å². The number of anilines is 1. The van der Waals surface area contributed by atoms with Crippen molar-refractivity contribution in [1.29, 1.82) is 0 Å². The van der Waals surface area contributed by atoms with Crippen LogP contribution in [-0.4, -0.2) is 107 Å². The molecule has 8 amide bonds. The van der Waals surface area contributed by atoms with Crippen LogP contribution in [0.3, 0.4) is 0 Å². The number of benzene rings is 3. The number of aliphatic hydroxyl groups excluding tert-OH is 1. The second kappa shape index (κ2) is 23.2. The Kier molecular flexibility index (Phi) is 17.9. The van der Waals surface area contributed by atoms with E-state index in [0.717, 1.165) is 22.3 Å². The highest BCUT2D eigenvalue weighted by Crippen LogP contribution is 2.44. The van der Waals surface area contributed by atoms with Crippen molar-refractivity contribution in [1.82, 2.24) is 31.5 Å². The molecule has 19 heteroatoms. The summed E-state index contributed by atoms with van der Waals surface area (Å²) >= 11 is 0. The Morgan fingerprint density at radius 1 is 0.726 bits per heavy atom. The zero-order chi connectivity index (χ0) is 45.3. The number of nitrogens with one attached hydrogen (secondary N) is 6. The fourth-order valence-electron chi connectivity index (χ4n) is 7.18. The molecule has 0 aliphatic heterocycles. The van der Waals surface area contributed by atoms with Gasteiger partial charge in [0.25, 0.3) is 0 Å². The molecule has 3 aromatic carbocycles. The zero-order valence-corrected chi connectivity index (χ0v) is 34.9. The predicted molar refractivity (Wildman–Crippen MR) is 228 cm³/mol. The molecule has 3 aromatic rings. The lowest BCUT2D eigenvalue weighted by atomic mass is 9.98. The summed E-state index contributed by atoms with van der Waals surface area (Å²) in [5.41, 5.74) is 10.8. The Hall–Kier alpha value is -6.89. The molecule has 0 saturated heterocycles. The van der Waals surface area contributed by atoms with E-state index in [4.69, 9.17) is 15.6 Å². The number of nitrogens with zero attached hydrogens (tertiary/aromatic N) is 1. The first-order valence-corrected chi connectivity index (χ1v) is 20.3. The number of aliphatic hydroxyl groups is 1. The van der Waals surface area contributed by atoms with Gasteiger partial charge in [0.2, 0.25) is 17.7 Å². The summed E-state index contributed by atoms with van der Waals surface area (Å²) < 4.78 is 5.80. The van der Waals surface area contributed by atoms with Gasteiger partial charge in [-0.2, -0.15) is 0 Å². The Morgan fingerprint density at radius 3 is 1.94 bits per heavy atom. The van der Waals surface area contributed by atoms with Gasteiger partial charge in [-0.25, -0.2) is 19.2 Å². The maximum Gasteiger partial charge on any atom is 0.409 e. The molecule has 1 aliphatic carbocycles. The topological polar surface area (TPSA) is 291 Å². The highest BCUT2D eigenvalue weighted by atomic mass is 16.6. The molecule has 11 N–H and O–H groups in total. The Bertz CT molecular complexity index is 2030. The number of carbonyl (C=O) groups excluding carboxylic acids is 5. The summed E-state index contributed by atoms with van der Waals surface area (Å²) in [6, 6.07) is 16.3. The molecule has 0 radical (unpaired) electrons. The van der Waals surface area contributed by atoms with Crippen molar-refractivity contribution < 1.29 is 53.6 Å². The number of ether oxygens (including phenoxy) is 1. The Morgan fingerprint density at radius 2 is 1.34 bits per heavy atom. The number of urea groups is 1. The number of rotatable bonds is 22. The molecule has 62 heavy (non-hydrogen) atoms. The van der Waals surface area contributed by atoms with Crippen molar-refractivity contribution in [3.8, 4) is 11.1 Å². The third-order valence-electron chi connectivity index (χ3n) is 10.4. The Balaban J connectivity index is 1.44. The second-order valence-electron chi connectivity index (χ2n) is 15.2. The smallest absolute Gasteiger partial charge is 0.409 e. The van der Waals surface area contributed by atoms with Gasteiger partial charge in [-0.15, -0.1) is 0 Å². The summed E-state index contributed by atoms with van der Waals surface area (Å²) in [7, 11) is 1.56. The van der Waals surface area contributed by atoms with Crippen LogP contribution in [0.4, 0.5) is 24.9 Å². The van der Waals surface area contributed by atoms with Crippen molar-refractivity contribution in [2.45, 2.75) is 83.1 Å². The average molecular weight is 861 g/mol. The summed E-state index contributed by atoms with van der Waals surface area (Å²) in [5, 5.41) is 43.1. The lowest BCUT2D eigenvalue weighted by molar-refractivity contribution is -0.132. The van der Waals surface area contributed by atoms with E-state index in [9.17, 15) is 43.8 Å². The molecular formula is C43H56N8O11. The van der Waals surface area contributed by atoms with Crippen LogP contribution in [0.15, 0.2) is 66.7 Å². The third kappa shape index (κ3) is 13.8. The van der Waals surface area contributed by atoms with E-state index in [-0.39, 0.29) is 70.1 Å². The van der Waals surface area contributed by atoms with E-state index in [1.165, 1.54) is 4.90 Å². The number of fused-ring (bicyclic) bond motifs is 3. The van der Waals surface area contributed by atoms with Crippen molar-refractivity contribution in [2.75, 3.05) is 32.1 Å². The minimum atomic E-state index is -1.47. The van der Waals surface area contributed by atoms with E-state index in [1.54, 1.807) is 39.1 Å². The van der Waals surface area contributed by atoms with Crippen LogP contribution in [0.2, 0.25) is 0 Å². The van der Waals surface area contributed by atoms with Gasteiger partial charge in [-0.05, 0) is 83.5 Å². The van der Waals surface area contributed by atoms with Crippen molar-refractivity contribution in [3.63, 3.8) is 0 Å². The molecular weight excluding hydrogens is 805 g/mol. The van der Waals surface area contributed by atoms with E-state index in [2.05, 4.69) is 31.9 Å². The van der Waals surface area contributed by atoms with Crippen molar-refractivity contribution >= 4 is 47.7 Å². The SMILES string of the molecule is CC(C)[C@H](NC(=O)[C@H](CCCCNC(=O)O)NC(=O)O)C(=O)N[C@@H](CCCNC(N)=O)C(=O)Nc1ccc(CO)c(CN(C)C(=O)OCC2c3ccccc3-c3ccccc32)c1. The van der Waals surface area contributed by atoms with E-state index in [0.29, 0.717) is 17.5 Å². The first kappa shape index (κ1) is 47.8. The lowest BCUT2D eigenvalue weighted by Gasteiger charge is -2.27. The molecule has 0 unspecified atom stereocenters. The van der Waals surface area contributed by atoms with Crippen molar-refractivity contribution in [3.05, 3.63) is 89.0 Å². The zero-order valence-electron chi connectivity index (χ0n) is 34.9. The summed E-state index contributed by atoms with van der Waals surface area (Å²) in [6.07, 6.45) is -2.43. The molecule has 19 nitrogen and oxygen atoms in total. The van der Waals surface area contributed by atoms with Crippen molar-refractivity contribution in [2.24, 2.45) is 11.7 Å². The first-order valence-electron chi connectivity index (χ1n) is 20.3. The fourth-order valence-corrected chi connectivity index (χ4v) is 7.18. The molecule has 3 atom stereocenters. The van der Waals surface area contributed by atoms with Crippen LogP contribution in [0.1, 0.15) is 74.1 Å². The number of hydrogen-bond acceptors (Lipinski definition) is 9. The van der Waals surface area contributed by atoms with Gasteiger partial charge < -0.3 is 62.6 Å². The number of hydrogen-bond donors (Lipinski definition) is 10. The standard InChI is InChI=1S/C43H56N8O11/c1-25(2)36(50-38(54)35(49-42(59)60)15-8-9-19-46-41(57)58)39(55)48-34(16-10-20-45-40(44)56)37(53)47-28-18-17-26(23-52)27(21-28)22-51(3)43(61)62-24-33-31-13-6-4-11-29(31)30-12-5-7-14-32(30)33/h4-7,11-14,17-18,21,25,33-36,46,49,52H,8-10,15-16,19-20,22-24H2,1-3H3,(H,47,53)(H,48,55)(H,50,54)(H,57,58)(H,59,60)(H3,44,45,56)/t34-,35-,36-/m0/s1. The Labute approximate surface area is 359 Å². The van der Waals surface area contributed by atoms with Gasteiger partial charge in [-0.1, -0.05) is 68.4 Å². The summed E-state index contributed by atoms with van der Waals surface area (Å²) in [5.74, 6) is -2.85. The number of carboxylic acid groups (broad SMARTS) is 2. The van der Waals surface area contributed by atoms with Gasteiger partial charge >= 0.3 is 24.3 Å². The van der Waals surface area contributed by atoms with Crippen LogP contribution in [0.25, 0.3) is 11.1 Å². The van der Waals surface area contributed by atoms with Gasteiger partial charge in [0.15, 0.2) is 0 Å². The molecule has 0 saturated carbocycles. The normalized spacial score (nSPS) is 13.0. The fraction of sp³-hybridized carbons (Fsp3) is 0.419. The molecule has 0 fully saturated rings. The second-order valence-corrected chi connectivity index (χ2v) is 15.2. The molecule has 334 valence electrons. The summed E-state index contributed by atoms with van der Waals surface area (Å²) in [4.78, 5) is 89.1. The van der Waals surface area contributed by atoms with Gasteiger partial charge in [-0.3, -0.25) is 14.4 Å². The van der Waals surface area contributed by atoms with E-state index >= 15 is 0 Å². The summed E-state index contributed by atoms with van der Waals surface area (Å²) in [6.45, 7) is 3.24. The van der Waals surface area contributed by atoms with Gasteiger partial charge in [0.1, 0.15) is 24.7 Å². The van der Waals surface area contributed by atoms with Crippen LogP contribution in [0.5, 0.6) is 0 Å². The molecule has 4 rings (SSSR count). The number of nitrogens with two attached hydrogens (primary N) is 1. The van der Waals surface area contributed by atoms with Crippen LogP contribution < -0.4 is 37.6 Å². The quantitative estimate of drug-likeness (QED) is 0.0651. The highest BCUT2D eigenvalue weighted by Gasteiger charge is 2.32. The minimum absolute atomic E-state index is 0.0158. The van der Waals surface area contributed by atoms with Crippen LogP contribution in [0, 0.1) is 5.92 Å². The first-order chi connectivity index (χ1) is 29.6. The highest BCUT2D eigenvalue weighted by molar-refractivity contribution is 5.99. The number of primary amides is 1. The maximum atomic E-state index is 13.8. The maximum absolute atomic E-state index is 13.8. The largest absolute Gasteiger partial charge is 0.465 e. The third-order valence-corrected chi connectivity index (χ3v) is 10.4. The number of amides is 8. The molecule has 1 aliphatic rings. The lowest BCUT2D eigenvalue weighted by Crippen LogP contribution is -2.57. The number of carbonyl (C=O) groups is 7.